The number of esters is 1. The molecule has 2 aliphatic carbocycles. The minimum absolute atomic E-state index is 0.285. The Hall–Kier alpha value is -1.35. The summed E-state index contributed by atoms with van der Waals surface area (Å²) >= 11 is 0. The predicted octanol–water partition coefficient (Wildman–Crippen LogP) is 2.62. The summed E-state index contributed by atoms with van der Waals surface area (Å²) in [6.45, 7) is 7.84. The number of hydrogen-bond acceptors (Lipinski definition) is 3. The number of aliphatic hydroxyl groups is 1. The lowest BCUT2D eigenvalue weighted by molar-refractivity contribution is -0.133. The van der Waals surface area contributed by atoms with Crippen LogP contribution in [-0.4, -0.2) is 16.7 Å². The smallest absolute Gasteiger partial charge is 0.339 e. The highest BCUT2D eigenvalue weighted by atomic mass is 16.5. The van der Waals surface area contributed by atoms with Crippen molar-refractivity contribution in [3.05, 3.63) is 35.1 Å². The quantitative estimate of drug-likeness (QED) is 0.528. The molecule has 3 heteroatoms. The fourth-order valence-corrected chi connectivity index (χ4v) is 3.43. The van der Waals surface area contributed by atoms with Crippen molar-refractivity contribution in [3.8, 4) is 0 Å². The lowest BCUT2D eigenvalue weighted by Gasteiger charge is -2.51. The van der Waals surface area contributed by atoms with Gasteiger partial charge < -0.3 is 9.84 Å². The molecule has 0 unspecified atom stereocenters. The first-order chi connectivity index (χ1) is 8.37. The summed E-state index contributed by atoms with van der Waals surface area (Å²) in [6, 6.07) is 0. The third-order valence-corrected chi connectivity index (χ3v) is 4.85. The second-order valence-corrected chi connectivity index (χ2v) is 5.91. The molecule has 0 bridgehead atoms. The first-order valence-electron chi connectivity index (χ1n) is 6.43. The minimum Gasteiger partial charge on any atom is -0.423 e. The Balaban J connectivity index is 2.17. The number of ether oxygens (including phenoxy) is 1. The Labute approximate surface area is 107 Å². The van der Waals surface area contributed by atoms with Crippen molar-refractivity contribution in [2.24, 2.45) is 5.41 Å². The summed E-state index contributed by atoms with van der Waals surface area (Å²) in [5.41, 5.74) is 1.05. The van der Waals surface area contributed by atoms with Gasteiger partial charge in [0.05, 0.1) is 5.60 Å². The van der Waals surface area contributed by atoms with Gasteiger partial charge in [0.1, 0.15) is 5.76 Å². The van der Waals surface area contributed by atoms with Crippen molar-refractivity contribution in [3.63, 3.8) is 0 Å². The predicted molar refractivity (Wildman–Crippen MR) is 67.5 cm³/mol. The molecule has 3 aliphatic rings. The molecule has 0 amide bonds. The van der Waals surface area contributed by atoms with Crippen LogP contribution in [0.1, 0.15) is 39.5 Å². The molecule has 0 aromatic heterocycles. The van der Waals surface area contributed by atoms with E-state index in [-0.39, 0.29) is 11.4 Å². The molecule has 1 aliphatic heterocycles. The van der Waals surface area contributed by atoms with Gasteiger partial charge in [0.2, 0.25) is 0 Å². The lowest BCUT2D eigenvalue weighted by atomic mass is 9.57. The standard InChI is InChI=1S/C15H18O3/c1-9-5-4-6-14(3)8-12-11(7-15(9,14)17)10(2)13(16)18-12/h8,17H,1,4-7H2,2-3H3/t14-,15-/m1/s1. The minimum atomic E-state index is -0.931. The molecule has 18 heavy (non-hydrogen) atoms. The zero-order chi connectivity index (χ0) is 13.1. The highest BCUT2D eigenvalue weighted by Crippen LogP contribution is 2.56. The molecule has 1 heterocycles. The van der Waals surface area contributed by atoms with Gasteiger partial charge in [-0.1, -0.05) is 13.5 Å². The topological polar surface area (TPSA) is 46.5 Å². The van der Waals surface area contributed by atoms with Crippen molar-refractivity contribution in [2.75, 3.05) is 0 Å². The van der Waals surface area contributed by atoms with Gasteiger partial charge in [-0.3, -0.25) is 0 Å². The van der Waals surface area contributed by atoms with Crippen LogP contribution in [0.2, 0.25) is 0 Å². The van der Waals surface area contributed by atoms with E-state index in [0.29, 0.717) is 17.8 Å². The molecule has 3 rings (SSSR count). The van der Waals surface area contributed by atoms with Gasteiger partial charge in [0.15, 0.2) is 0 Å². The largest absolute Gasteiger partial charge is 0.423 e. The summed E-state index contributed by atoms with van der Waals surface area (Å²) in [6.07, 6.45) is 5.16. The molecule has 1 fully saturated rings. The Morgan fingerprint density at radius 1 is 1.50 bits per heavy atom. The van der Waals surface area contributed by atoms with Crippen molar-refractivity contribution in [1.29, 1.82) is 0 Å². The third-order valence-electron chi connectivity index (χ3n) is 4.85. The van der Waals surface area contributed by atoms with E-state index in [1.807, 2.05) is 13.0 Å². The van der Waals surface area contributed by atoms with Crippen LogP contribution >= 0.6 is 0 Å². The van der Waals surface area contributed by atoms with Crippen LogP contribution in [0.15, 0.2) is 35.1 Å². The van der Waals surface area contributed by atoms with Gasteiger partial charge in [-0.05, 0) is 37.8 Å². The molecule has 0 saturated heterocycles. The van der Waals surface area contributed by atoms with Gasteiger partial charge in [0.25, 0.3) is 0 Å². The van der Waals surface area contributed by atoms with Crippen molar-refractivity contribution < 1.29 is 14.6 Å². The van der Waals surface area contributed by atoms with Gasteiger partial charge in [-0.25, -0.2) is 4.79 Å². The Kier molecular flexibility index (Phi) is 2.18. The van der Waals surface area contributed by atoms with Crippen molar-refractivity contribution in [1.82, 2.24) is 0 Å². The number of rotatable bonds is 0. The van der Waals surface area contributed by atoms with Crippen LogP contribution in [0.5, 0.6) is 0 Å². The maximum Gasteiger partial charge on any atom is 0.339 e. The molecule has 0 radical (unpaired) electrons. The summed E-state index contributed by atoms with van der Waals surface area (Å²) in [5, 5.41) is 11.0. The van der Waals surface area contributed by atoms with E-state index in [4.69, 9.17) is 4.74 Å². The maximum absolute atomic E-state index is 11.6. The number of allylic oxidation sites excluding steroid dienone is 1. The van der Waals surface area contributed by atoms with E-state index in [1.54, 1.807) is 6.92 Å². The van der Waals surface area contributed by atoms with Crippen molar-refractivity contribution in [2.45, 2.75) is 45.1 Å². The van der Waals surface area contributed by atoms with E-state index >= 15 is 0 Å². The third kappa shape index (κ3) is 1.25. The fourth-order valence-electron chi connectivity index (χ4n) is 3.43. The molecule has 1 N–H and O–H groups in total. The molecule has 0 spiro atoms. The Bertz CT molecular complexity index is 526. The highest BCUT2D eigenvalue weighted by Gasteiger charge is 2.54. The summed E-state index contributed by atoms with van der Waals surface area (Å²) in [5.74, 6) is 0.368. The molecule has 0 aromatic rings. The normalized spacial score (nSPS) is 39.2. The van der Waals surface area contributed by atoms with Crippen LogP contribution in [0.4, 0.5) is 0 Å². The SMILES string of the molecule is C=C1CCC[C@]2(C)C=C3OC(=O)C(C)=C3C[C@@]12O. The van der Waals surface area contributed by atoms with Crippen molar-refractivity contribution >= 4 is 5.97 Å². The first kappa shape index (κ1) is 11.7. The summed E-state index contributed by atoms with van der Waals surface area (Å²) < 4.78 is 5.28. The van der Waals surface area contributed by atoms with E-state index in [9.17, 15) is 9.90 Å². The van der Waals surface area contributed by atoms with Crippen LogP contribution in [-0.2, 0) is 9.53 Å². The number of fused-ring (bicyclic) bond motifs is 2. The molecular formula is C15H18O3. The zero-order valence-electron chi connectivity index (χ0n) is 10.9. The molecule has 0 aromatic carbocycles. The summed E-state index contributed by atoms with van der Waals surface area (Å²) in [4.78, 5) is 11.6. The average molecular weight is 246 g/mol. The van der Waals surface area contributed by atoms with E-state index in [1.165, 1.54) is 0 Å². The number of hydrogen-bond donors (Lipinski definition) is 1. The van der Waals surface area contributed by atoms with Crippen LogP contribution < -0.4 is 0 Å². The van der Waals surface area contributed by atoms with Crippen LogP contribution in [0, 0.1) is 5.41 Å². The van der Waals surface area contributed by atoms with Gasteiger partial charge in [-0.2, -0.15) is 0 Å². The van der Waals surface area contributed by atoms with E-state index in [0.717, 1.165) is 30.4 Å². The molecule has 1 saturated carbocycles. The van der Waals surface area contributed by atoms with E-state index < -0.39 is 5.60 Å². The van der Waals surface area contributed by atoms with Gasteiger partial charge in [-0.15, -0.1) is 0 Å². The summed E-state index contributed by atoms with van der Waals surface area (Å²) in [7, 11) is 0. The second kappa shape index (κ2) is 3.35. The average Bonchev–Trinajstić information content (AvgIpc) is 2.55. The second-order valence-electron chi connectivity index (χ2n) is 5.91. The lowest BCUT2D eigenvalue weighted by Crippen LogP contribution is -2.51. The first-order valence-corrected chi connectivity index (χ1v) is 6.43. The molecule has 3 nitrogen and oxygen atoms in total. The maximum atomic E-state index is 11.6. The monoisotopic (exact) mass is 246 g/mol. The van der Waals surface area contributed by atoms with Crippen LogP contribution in [0.3, 0.4) is 0 Å². The Morgan fingerprint density at radius 2 is 2.22 bits per heavy atom. The van der Waals surface area contributed by atoms with Crippen LogP contribution in [0.25, 0.3) is 0 Å². The van der Waals surface area contributed by atoms with E-state index in [2.05, 4.69) is 6.58 Å². The number of carbonyl (C=O) groups is 1. The molecule has 2 atom stereocenters. The molecule has 96 valence electrons. The fraction of sp³-hybridized carbons (Fsp3) is 0.533. The van der Waals surface area contributed by atoms with Gasteiger partial charge in [0, 0.05) is 23.0 Å². The zero-order valence-corrected chi connectivity index (χ0v) is 10.9. The molecular weight excluding hydrogens is 228 g/mol. The number of carbonyl (C=O) groups excluding carboxylic acids is 1. The Morgan fingerprint density at radius 3 is 2.94 bits per heavy atom. The highest BCUT2D eigenvalue weighted by molar-refractivity contribution is 5.94. The van der Waals surface area contributed by atoms with Gasteiger partial charge >= 0.3 is 5.97 Å².